The summed E-state index contributed by atoms with van der Waals surface area (Å²) in [6.45, 7) is 30.1. The first kappa shape index (κ1) is 73.5. The van der Waals surface area contributed by atoms with Gasteiger partial charge in [0.05, 0.1) is 36.6 Å². The number of halogens is 1. The van der Waals surface area contributed by atoms with E-state index in [9.17, 15) is 38.3 Å². The molecule has 15 fully saturated rings. The molecule has 12 nitrogen and oxygen atoms in total. The Hall–Kier alpha value is -1.78. The minimum atomic E-state index is -2.11. The molecule has 26 atom stereocenters. The number of hydrogen-bond donors (Lipinski definition) is 3. The first-order valence-electron chi connectivity index (χ1n) is 40.9. The van der Waals surface area contributed by atoms with E-state index < -0.39 is 33.2 Å². The van der Waals surface area contributed by atoms with Crippen LogP contribution in [0.5, 0.6) is 0 Å². The van der Waals surface area contributed by atoms with Crippen LogP contribution in [0.1, 0.15) is 241 Å². The zero-order valence-corrected chi connectivity index (χ0v) is 63.1. The molecule has 0 aromatic carbocycles. The number of ether oxygens (including phenoxy) is 1. The van der Waals surface area contributed by atoms with Crippen LogP contribution in [0.4, 0.5) is 4.39 Å². The molecule has 3 saturated heterocycles. The summed E-state index contributed by atoms with van der Waals surface area (Å²) in [5.74, 6) is 18.6. The van der Waals surface area contributed by atoms with E-state index in [1.807, 2.05) is 9.21 Å². The predicted molar refractivity (Wildman–Crippen MR) is 388 cm³/mol. The van der Waals surface area contributed by atoms with Crippen LogP contribution in [-0.2, 0) is 28.8 Å². The number of fused-ring (bicyclic) bond motifs is 15. The van der Waals surface area contributed by atoms with Gasteiger partial charge in [-0.25, -0.2) is 8.70 Å². The molecule has 3 aliphatic heterocycles. The molecular formula is C83H137FN4O8S. The van der Waals surface area contributed by atoms with Gasteiger partial charge in [0, 0.05) is 100 Å². The second kappa shape index (κ2) is 28.9. The molecule has 12 aliphatic carbocycles. The molecule has 1 unspecified atom stereocenters. The van der Waals surface area contributed by atoms with Crippen molar-refractivity contribution in [3.63, 3.8) is 0 Å². The number of hydrogen-bond acceptors (Lipinski definition) is 10. The molecular weight excluding hydrogens is 1230 g/mol. The van der Waals surface area contributed by atoms with Gasteiger partial charge < -0.3 is 25.0 Å². The Morgan fingerprint density at radius 2 is 0.979 bits per heavy atom. The summed E-state index contributed by atoms with van der Waals surface area (Å²) in [5.41, 5.74) is 0.356. The standard InChI is InChI=1S/C29H48N2O2.C29H49NO3S.C25H40FNO3/c1-19(18-30-12-14-31(15-13-30)21(3)32)26-8-9-27-24-7-6-22-17-29(5,33)20(2)16-25(22)23(24)10-11-28(26,27)4;1-5-29(32)15-11-22-21(19-29)6-7-24-23(22)10-14-28(2)25(24)8-9-26(28)27(31)18-20-12-16-30(17-13-20)34(3,4)33;1-24-8-6-19-18-7-9-25(29,16-26)14-17(18)2-3-20(19)21(24)4-5-22(24)23(28)15-27-10-12-30-13-11-27/h20,22-27,33H,1,6-18H2,2-5H3;20-26,32H,3,5-19H2,1-2,4H3;17-22,29H,2-16H2,1H3/t20-,22-,23-,24+,25-,26+,27-,28+,29-;21-,22+,23-,24-,25+,26-,28+,29-,34?;17-,18+,19-,20-,21+,22-,24+,25-/m011/s1. The SMILES string of the molecule is C=C(CN1CCN(C(C)=O)CC1)[C@H]1CC[C@H]2[C@@H]3CC[C@H]4C[C@](C)(O)[C@@H](C)C[C@@H]4[C@H]3CC[C@]12C.C=S(C)(=O)N1CCC(CC(=O)[C@H]2CC[C@H]3[C@@H]4CC[C@@H]5C[C@@](O)(CC)CC[C@@H]5[C@H]4CC[C@]23C)CC1.C[C@]12CC[C@H]3[C@@H](CC[C@@H]4C[C@@](O)(CF)CC[C@@H]43)[C@@H]1CC[C@@H]2C(=O)CN1CCOCC1. The average molecular weight is 1370 g/mol. The Morgan fingerprint density at radius 1 is 0.526 bits per heavy atom. The predicted octanol–water partition coefficient (Wildman–Crippen LogP) is 14.2. The van der Waals surface area contributed by atoms with Crippen molar-refractivity contribution in [3.8, 4) is 0 Å². The van der Waals surface area contributed by atoms with Gasteiger partial charge in [0.2, 0.25) is 5.91 Å². The zero-order chi connectivity index (χ0) is 68.8. The van der Waals surface area contributed by atoms with Crippen molar-refractivity contribution in [2.45, 2.75) is 258 Å². The largest absolute Gasteiger partial charge is 0.390 e. The van der Waals surface area contributed by atoms with E-state index in [0.29, 0.717) is 71.9 Å². The maximum Gasteiger partial charge on any atom is 0.219 e. The van der Waals surface area contributed by atoms with E-state index in [2.05, 4.69) is 63.8 Å². The summed E-state index contributed by atoms with van der Waals surface area (Å²) in [5, 5.41) is 32.4. The summed E-state index contributed by atoms with van der Waals surface area (Å²) in [6, 6.07) is 0. The first-order chi connectivity index (χ1) is 46.1. The Bertz CT molecular complexity index is 2910. The highest BCUT2D eigenvalue weighted by Gasteiger charge is 2.63. The van der Waals surface area contributed by atoms with Crippen molar-refractivity contribution in [2.75, 3.05) is 91.6 Å². The van der Waals surface area contributed by atoms with Crippen molar-refractivity contribution in [1.29, 1.82) is 0 Å². The topological polar surface area (TPSA) is 151 Å². The third-order valence-corrected chi connectivity index (χ3v) is 35.1. The van der Waals surface area contributed by atoms with Gasteiger partial charge >= 0.3 is 0 Å². The van der Waals surface area contributed by atoms with Gasteiger partial charge in [-0.1, -0.05) is 46.8 Å². The van der Waals surface area contributed by atoms with Crippen molar-refractivity contribution < 1.29 is 43.0 Å². The molecule has 14 heteroatoms. The van der Waals surface area contributed by atoms with Crippen LogP contribution in [0, 0.1) is 135 Å². The van der Waals surface area contributed by atoms with Crippen LogP contribution in [0.25, 0.3) is 0 Å². The number of carbonyl (C=O) groups excluding carboxylic acids is 3. The molecule has 550 valence electrons. The second-order valence-corrected chi connectivity index (χ2v) is 40.7. The lowest BCUT2D eigenvalue weighted by molar-refractivity contribution is -0.135. The fourth-order valence-corrected chi connectivity index (χ4v) is 29.0. The Balaban J connectivity index is 0.000000131. The molecule has 12 saturated carbocycles. The van der Waals surface area contributed by atoms with Crippen LogP contribution in [0.2, 0.25) is 0 Å². The molecule has 0 bridgehead atoms. The summed E-state index contributed by atoms with van der Waals surface area (Å²) in [7, 11) is -2.11. The van der Waals surface area contributed by atoms with Gasteiger partial charge in [-0.2, -0.15) is 0 Å². The molecule has 0 radical (unpaired) electrons. The molecule has 15 rings (SSSR count). The number of morpholine rings is 1. The molecule has 15 aliphatic rings. The normalized spacial score (nSPS) is 48.1. The fourth-order valence-electron chi connectivity index (χ4n) is 28.0. The molecule has 0 aromatic rings. The van der Waals surface area contributed by atoms with Crippen molar-refractivity contribution in [3.05, 3.63) is 12.2 Å². The zero-order valence-electron chi connectivity index (χ0n) is 62.3. The highest BCUT2D eigenvalue weighted by molar-refractivity contribution is 7.97. The third-order valence-electron chi connectivity index (χ3n) is 33.6. The molecule has 3 N–H and O–H groups in total. The van der Waals surface area contributed by atoms with E-state index in [-0.39, 0.29) is 28.6 Å². The number of alkyl halides is 1. The quantitative estimate of drug-likeness (QED) is 0.127. The second-order valence-electron chi connectivity index (χ2n) is 38.2. The summed E-state index contributed by atoms with van der Waals surface area (Å²) >= 11 is 0. The number of amides is 1. The van der Waals surface area contributed by atoms with Crippen molar-refractivity contribution in [2.24, 2.45) is 135 Å². The Morgan fingerprint density at radius 3 is 1.48 bits per heavy atom. The van der Waals surface area contributed by atoms with Crippen LogP contribution < -0.4 is 0 Å². The monoisotopic (exact) mass is 1370 g/mol. The van der Waals surface area contributed by atoms with Gasteiger partial charge in [-0.05, 0) is 322 Å². The van der Waals surface area contributed by atoms with Crippen LogP contribution >= 0.6 is 0 Å². The number of piperidine rings is 1. The van der Waals surface area contributed by atoms with Crippen molar-refractivity contribution >= 4 is 33.1 Å². The number of rotatable bonds is 12. The molecule has 0 spiro atoms. The lowest BCUT2D eigenvalue weighted by atomic mass is 9.48. The van der Waals surface area contributed by atoms with Gasteiger partial charge in [0.15, 0.2) is 0 Å². The maximum atomic E-state index is 13.6. The van der Waals surface area contributed by atoms with Crippen LogP contribution in [0.3, 0.4) is 0 Å². The van der Waals surface area contributed by atoms with Crippen LogP contribution in [-0.4, -0.2) is 170 Å². The van der Waals surface area contributed by atoms with E-state index in [1.54, 1.807) is 13.2 Å². The molecule has 1 amide bonds. The summed E-state index contributed by atoms with van der Waals surface area (Å²) in [6.07, 6.45) is 35.9. The number of nitrogens with zero attached hydrogens (tertiary/aromatic N) is 4. The first-order valence-corrected chi connectivity index (χ1v) is 43.0. The number of Topliss-reactive ketones (excluding diaryl/α,β-unsaturated/α-hetero) is 2. The summed E-state index contributed by atoms with van der Waals surface area (Å²) < 4.78 is 33.1. The molecule has 0 aromatic heterocycles. The smallest absolute Gasteiger partial charge is 0.219 e. The lowest BCUT2D eigenvalue weighted by Crippen LogP contribution is -2.53. The summed E-state index contributed by atoms with van der Waals surface area (Å²) in [4.78, 5) is 45.4. The number of carbonyl (C=O) groups is 3. The lowest BCUT2D eigenvalue weighted by Gasteiger charge is -2.58. The molecule has 97 heavy (non-hydrogen) atoms. The number of aliphatic hydroxyl groups is 3. The minimum Gasteiger partial charge on any atom is -0.390 e. The minimum absolute atomic E-state index is 0.172. The van der Waals surface area contributed by atoms with Crippen LogP contribution in [0.15, 0.2) is 12.2 Å². The third kappa shape index (κ3) is 14.5. The maximum absolute atomic E-state index is 13.6. The van der Waals surface area contributed by atoms with E-state index in [0.717, 1.165) is 214 Å². The van der Waals surface area contributed by atoms with E-state index in [4.69, 9.17) is 4.74 Å². The van der Waals surface area contributed by atoms with Gasteiger partial charge in [-0.15, -0.1) is 0 Å². The van der Waals surface area contributed by atoms with E-state index in [1.165, 1.54) is 115 Å². The van der Waals surface area contributed by atoms with Gasteiger partial charge in [0.1, 0.15) is 18.2 Å². The van der Waals surface area contributed by atoms with Crippen molar-refractivity contribution in [1.82, 2.24) is 19.0 Å². The fraction of sp³-hybridized carbons (Fsp3) is 0.928. The van der Waals surface area contributed by atoms with Gasteiger partial charge in [0.25, 0.3) is 0 Å². The molecule has 3 heterocycles. The number of piperazine rings is 1. The highest BCUT2D eigenvalue weighted by atomic mass is 32.2. The number of ketones is 2. The van der Waals surface area contributed by atoms with Gasteiger partial charge in [-0.3, -0.25) is 28.4 Å². The Kier molecular flexibility index (Phi) is 21.9. The highest BCUT2D eigenvalue weighted by Crippen LogP contribution is 2.69. The Labute approximate surface area is 588 Å². The van der Waals surface area contributed by atoms with E-state index >= 15 is 0 Å². The average Bonchev–Trinajstić information content (AvgIpc) is 1.68.